The van der Waals surface area contributed by atoms with E-state index in [1.54, 1.807) is 19.2 Å². The monoisotopic (exact) mass is 519 g/mol. The molecule has 1 aliphatic rings. The van der Waals surface area contributed by atoms with E-state index in [1.807, 2.05) is 56.1 Å². The van der Waals surface area contributed by atoms with Crippen LogP contribution in [0.4, 0.5) is 0 Å². The van der Waals surface area contributed by atoms with Crippen LogP contribution < -0.4 is 61.4 Å². The average Bonchev–Trinajstić information content (AvgIpc) is 3.07. The number of likely N-dealkylation sites (N-methyl/N-ethyl adjacent to an activating group) is 1. The first kappa shape index (κ1) is 34.4. The molecule has 8 nitrogen and oxygen atoms in total. The fourth-order valence-electron chi connectivity index (χ4n) is 3.50. The standard InChI is InChI=1S/C24H25N3O5.C2H6.CH3.K/c1-27-13-22(30-2)15-31-23(14-27)24(29)26-20(12-25)11-17-3-5-18(6-4-17)19-7-9-21(10-8-19)32-16-28;1-2;;/h3-9,20,22-23H,11,13-15H2,1-2H3,(H,26,29);1-2H3;1H3;/q-2;;-1;+1. The number of hydrogen-bond acceptors (Lipinski definition) is 7. The second-order valence-electron chi connectivity index (χ2n) is 7.62. The van der Waals surface area contributed by atoms with Crippen LogP contribution in [0.5, 0.6) is 5.75 Å². The number of hydrogen-bond donors (Lipinski definition) is 1. The van der Waals surface area contributed by atoms with Crippen LogP contribution in [0.15, 0.2) is 42.5 Å². The van der Waals surface area contributed by atoms with Crippen molar-refractivity contribution in [2.45, 2.75) is 38.5 Å². The first-order valence-electron chi connectivity index (χ1n) is 11.2. The number of benzene rings is 2. The van der Waals surface area contributed by atoms with Crippen molar-refractivity contribution >= 4 is 12.4 Å². The van der Waals surface area contributed by atoms with E-state index < -0.39 is 12.1 Å². The summed E-state index contributed by atoms with van der Waals surface area (Å²) in [6.07, 6.45) is -0.369. The summed E-state index contributed by atoms with van der Waals surface area (Å²) in [4.78, 5) is 24.9. The van der Waals surface area contributed by atoms with Crippen LogP contribution in [0.1, 0.15) is 19.4 Å². The fraction of sp³-hybridized carbons (Fsp3) is 0.407. The van der Waals surface area contributed by atoms with Gasteiger partial charge in [0, 0.05) is 26.6 Å². The van der Waals surface area contributed by atoms with Crippen LogP contribution in [-0.4, -0.2) is 69.4 Å². The van der Waals surface area contributed by atoms with Crippen LogP contribution in [0.2, 0.25) is 0 Å². The molecule has 1 aliphatic heterocycles. The van der Waals surface area contributed by atoms with Crippen molar-refractivity contribution in [1.29, 1.82) is 5.26 Å². The molecule has 36 heavy (non-hydrogen) atoms. The Bertz CT molecular complexity index is 947. The topological polar surface area (TPSA) is 101 Å². The molecule has 190 valence electrons. The molecule has 0 bridgehead atoms. The third kappa shape index (κ3) is 10.8. The second kappa shape index (κ2) is 18.6. The number of nitrogens with one attached hydrogen (secondary N) is 1. The Labute approximate surface area is 257 Å². The summed E-state index contributed by atoms with van der Waals surface area (Å²) < 4.78 is 15.7. The minimum Gasteiger partial charge on any atom is -0.634 e. The molecule has 1 heterocycles. The first-order chi connectivity index (χ1) is 16.5. The number of rotatable bonds is 8. The van der Waals surface area contributed by atoms with Gasteiger partial charge in [-0.1, -0.05) is 43.7 Å². The van der Waals surface area contributed by atoms with E-state index in [2.05, 4.69) is 22.2 Å². The molecule has 1 N–H and O–H groups in total. The van der Waals surface area contributed by atoms with Gasteiger partial charge in [0.25, 0.3) is 5.91 Å². The zero-order valence-electron chi connectivity index (χ0n) is 22.0. The van der Waals surface area contributed by atoms with Crippen molar-refractivity contribution < 1.29 is 75.2 Å². The molecular formula is C27H34KN3O5-2. The Balaban J connectivity index is 0.00000299. The second-order valence-corrected chi connectivity index (χ2v) is 7.62. The summed E-state index contributed by atoms with van der Waals surface area (Å²) >= 11 is 0. The van der Waals surface area contributed by atoms with E-state index in [0.29, 0.717) is 31.9 Å². The molecular weight excluding hydrogens is 485 g/mol. The fourth-order valence-corrected chi connectivity index (χ4v) is 3.50. The first-order valence-corrected chi connectivity index (χ1v) is 11.2. The van der Waals surface area contributed by atoms with Gasteiger partial charge >= 0.3 is 51.4 Å². The number of nitriles is 1. The molecule has 0 spiro atoms. The zero-order valence-corrected chi connectivity index (χ0v) is 25.2. The van der Waals surface area contributed by atoms with Crippen molar-refractivity contribution in [2.75, 3.05) is 33.9 Å². The van der Waals surface area contributed by atoms with E-state index in [-0.39, 0.29) is 70.8 Å². The Morgan fingerprint density at radius 3 is 2.47 bits per heavy atom. The van der Waals surface area contributed by atoms with Crippen LogP contribution in [0.3, 0.4) is 0 Å². The van der Waals surface area contributed by atoms with E-state index in [4.69, 9.17) is 9.47 Å². The largest absolute Gasteiger partial charge is 1.00 e. The van der Waals surface area contributed by atoms with Gasteiger partial charge in [0.15, 0.2) is 6.47 Å². The Hall–Kier alpha value is -1.61. The van der Waals surface area contributed by atoms with E-state index in [9.17, 15) is 14.9 Å². The summed E-state index contributed by atoms with van der Waals surface area (Å²) in [5, 5.41) is 12.3. The molecule has 3 atom stereocenters. The molecule has 3 rings (SSSR count). The minimum absolute atomic E-state index is 0. The van der Waals surface area contributed by atoms with Crippen molar-refractivity contribution in [3.8, 4) is 22.9 Å². The number of methoxy groups -OCH3 is 1. The smallest absolute Gasteiger partial charge is 0.634 e. The number of nitrogens with zero attached hydrogens (tertiary/aromatic N) is 2. The van der Waals surface area contributed by atoms with Gasteiger partial charge in [0.2, 0.25) is 0 Å². The number of carbonyl (C=O) groups excluding carboxylic acids is 2. The summed E-state index contributed by atoms with van der Waals surface area (Å²) in [6.45, 7) is 6.81. The Morgan fingerprint density at radius 2 is 1.92 bits per heavy atom. The molecule has 1 saturated heterocycles. The summed E-state index contributed by atoms with van der Waals surface area (Å²) in [5.41, 5.74) is 2.77. The minimum atomic E-state index is -0.673. The SMILES string of the molecule is CC.COC1COC(C(=O)NC(C#N)Cc2ccc(-c3c[c-]c(O[C-]=O)cc3)cc2)CN(C)C1.[CH3-].[K+]. The molecule has 2 aromatic rings. The maximum atomic E-state index is 12.7. The van der Waals surface area contributed by atoms with Crippen molar-refractivity contribution in [3.05, 3.63) is 61.5 Å². The average molecular weight is 520 g/mol. The molecule has 0 radical (unpaired) electrons. The van der Waals surface area contributed by atoms with Gasteiger partial charge in [-0.2, -0.15) is 17.4 Å². The van der Waals surface area contributed by atoms with Gasteiger partial charge < -0.3 is 36.6 Å². The number of amides is 1. The van der Waals surface area contributed by atoms with E-state index in [1.165, 1.54) is 6.47 Å². The van der Waals surface area contributed by atoms with Gasteiger partial charge in [-0.15, -0.1) is 11.3 Å². The maximum Gasteiger partial charge on any atom is 1.00 e. The molecule has 9 heteroatoms. The summed E-state index contributed by atoms with van der Waals surface area (Å²) in [5.74, 6) is -0.00301. The van der Waals surface area contributed by atoms with Gasteiger partial charge in [-0.25, -0.2) is 12.1 Å². The Kier molecular flexibility index (Phi) is 17.8. The maximum absolute atomic E-state index is 12.7. The van der Waals surface area contributed by atoms with Crippen LogP contribution in [0.25, 0.3) is 11.1 Å². The molecule has 0 aromatic heterocycles. The normalized spacial score (nSPS) is 17.9. The summed E-state index contributed by atoms with van der Waals surface area (Å²) in [7, 11) is 3.52. The third-order valence-electron chi connectivity index (χ3n) is 5.24. The number of carbonyl (C=O) groups is 1. The molecule has 0 saturated carbocycles. The van der Waals surface area contributed by atoms with Gasteiger partial charge in [0.05, 0.1) is 18.8 Å². The van der Waals surface area contributed by atoms with Crippen molar-refractivity contribution in [3.63, 3.8) is 0 Å². The Morgan fingerprint density at radius 1 is 1.25 bits per heavy atom. The van der Waals surface area contributed by atoms with E-state index in [0.717, 1.165) is 16.7 Å². The van der Waals surface area contributed by atoms with Crippen LogP contribution >= 0.6 is 0 Å². The van der Waals surface area contributed by atoms with Gasteiger partial charge in [0.1, 0.15) is 12.1 Å². The van der Waals surface area contributed by atoms with Crippen molar-refractivity contribution in [1.82, 2.24) is 10.2 Å². The number of ether oxygens (including phenoxy) is 3. The third-order valence-corrected chi connectivity index (χ3v) is 5.24. The van der Waals surface area contributed by atoms with Gasteiger partial charge in [-0.3, -0.25) is 4.79 Å². The van der Waals surface area contributed by atoms with Crippen LogP contribution in [0, 0.1) is 24.8 Å². The molecule has 0 aliphatic carbocycles. The molecule has 2 aromatic carbocycles. The van der Waals surface area contributed by atoms with Crippen molar-refractivity contribution in [2.24, 2.45) is 0 Å². The van der Waals surface area contributed by atoms with Crippen LogP contribution in [-0.2, 0) is 25.5 Å². The zero-order chi connectivity index (χ0) is 24.9. The molecule has 1 amide bonds. The predicted molar refractivity (Wildman–Crippen MR) is 134 cm³/mol. The molecule has 1 fully saturated rings. The van der Waals surface area contributed by atoms with E-state index >= 15 is 0 Å². The quantitative estimate of drug-likeness (QED) is 0.386. The predicted octanol–water partition coefficient (Wildman–Crippen LogP) is -0.0232. The summed E-state index contributed by atoms with van der Waals surface area (Å²) in [6, 6.07) is 17.2. The molecule has 3 unspecified atom stereocenters. The van der Waals surface area contributed by atoms with Gasteiger partial charge in [-0.05, 0) is 12.6 Å².